The lowest BCUT2D eigenvalue weighted by atomic mass is 10.2. The molecule has 172 valence electrons. The number of ether oxygens (including phenoxy) is 2. The summed E-state index contributed by atoms with van der Waals surface area (Å²) in [7, 11) is 0. The van der Waals surface area contributed by atoms with Gasteiger partial charge in [-0.2, -0.15) is 5.26 Å². The van der Waals surface area contributed by atoms with E-state index in [9.17, 15) is 14.9 Å². The molecule has 0 fully saturated rings. The zero-order chi connectivity index (χ0) is 23.3. The highest BCUT2D eigenvalue weighted by Crippen LogP contribution is 2.43. The Hall–Kier alpha value is -3.27. The highest BCUT2D eigenvalue weighted by atomic mass is 16.5. The number of benzene rings is 1. The molecule has 0 atom stereocenters. The lowest BCUT2D eigenvalue weighted by Gasteiger charge is -2.26. The second kappa shape index (κ2) is 13.2. The van der Waals surface area contributed by atoms with Crippen molar-refractivity contribution < 1.29 is 19.1 Å². The van der Waals surface area contributed by atoms with E-state index in [1.54, 1.807) is 0 Å². The molecule has 7 heteroatoms. The summed E-state index contributed by atoms with van der Waals surface area (Å²) in [5, 5.41) is 9.92. The van der Waals surface area contributed by atoms with Crippen LogP contribution in [0.5, 0.6) is 0 Å². The van der Waals surface area contributed by atoms with Crippen LogP contribution in [0.2, 0.25) is 0 Å². The SMILES string of the molecule is C=CC(=O)OCCCCOC(=O)C(C#N)=C1N(CCCC)c2ccccc2N1CCCC. The molecular formula is C25H33N3O4. The molecule has 1 heterocycles. The van der Waals surface area contributed by atoms with Crippen LogP contribution in [0.15, 0.2) is 48.3 Å². The minimum atomic E-state index is -0.624. The average Bonchev–Trinajstić information content (AvgIpc) is 3.11. The van der Waals surface area contributed by atoms with Crippen LogP contribution in [0.4, 0.5) is 11.4 Å². The van der Waals surface area contributed by atoms with Crippen LogP contribution in [0, 0.1) is 11.3 Å². The quantitative estimate of drug-likeness (QED) is 0.191. The zero-order valence-electron chi connectivity index (χ0n) is 19.1. The summed E-state index contributed by atoms with van der Waals surface area (Å²) in [6.07, 6.45) is 6.09. The van der Waals surface area contributed by atoms with E-state index < -0.39 is 11.9 Å². The van der Waals surface area contributed by atoms with Gasteiger partial charge in [0.15, 0.2) is 5.57 Å². The fourth-order valence-electron chi connectivity index (χ4n) is 3.51. The number of unbranched alkanes of at least 4 members (excludes halogenated alkanes) is 3. The smallest absolute Gasteiger partial charge is 0.352 e. The van der Waals surface area contributed by atoms with Crippen molar-refractivity contribution >= 4 is 23.3 Å². The van der Waals surface area contributed by atoms with Gasteiger partial charge >= 0.3 is 11.9 Å². The Morgan fingerprint density at radius 1 is 0.969 bits per heavy atom. The summed E-state index contributed by atoms with van der Waals surface area (Å²) in [6.45, 7) is 9.41. The molecule has 2 rings (SSSR count). The maximum Gasteiger partial charge on any atom is 0.352 e. The van der Waals surface area contributed by atoms with Crippen molar-refractivity contribution in [3.05, 3.63) is 48.3 Å². The van der Waals surface area contributed by atoms with Crippen molar-refractivity contribution in [1.29, 1.82) is 5.26 Å². The molecule has 0 amide bonds. The van der Waals surface area contributed by atoms with Gasteiger partial charge in [0, 0.05) is 19.2 Å². The number of para-hydroxylation sites is 2. The second-order valence-corrected chi connectivity index (χ2v) is 7.52. The molecule has 0 N–H and O–H groups in total. The van der Waals surface area contributed by atoms with Crippen LogP contribution in [-0.2, 0) is 19.1 Å². The summed E-state index contributed by atoms with van der Waals surface area (Å²) in [5.41, 5.74) is 2.04. The first-order chi connectivity index (χ1) is 15.6. The molecule has 1 aliphatic rings. The van der Waals surface area contributed by atoms with Crippen molar-refractivity contribution in [2.45, 2.75) is 52.4 Å². The Bertz CT molecular complexity index is 835. The number of nitriles is 1. The van der Waals surface area contributed by atoms with Crippen LogP contribution in [0.25, 0.3) is 0 Å². The first-order valence-electron chi connectivity index (χ1n) is 11.3. The highest BCUT2D eigenvalue weighted by Gasteiger charge is 2.35. The number of hydrogen-bond donors (Lipinski definition) is 0. The molecule has 1 aliphatic heterocycles. The molecule has 1 aromatic rings. The van der Waals surface area contributed by atoms with Crippen LogP contribution < -0.4 is 9.80 Å². The molecule has 32 heavy (non-hydrogen) atoms. The Kier molecular flexibility index (Phi) is 10.3. The number of rotatable bonds is 13. The van der Waals surface area contributed by atoms with Gasteiger partial charge in [-0.3, -0.25) is 0 Å². The number of esters is 2. The normalized spacial score (nSPS) is 12.2. The van der Waals surface area contributed by atoms with E-state index in [2.05, 4.69) is 36.3 Å². The van der Waals surface area contributed by atoms with Crippen molar-refractivity contribution in [2.24, 2.45) is 0 Å². The van der Waals surface area contributed by atoms with Gasteiger partial charge in [-0.05, 0) is 37.8 Å². The number of nitrogens with zero attached hydrogens (tertiary/aromatic N) is 3. The van der Waals surface area contributed by atoms with Gasteiger partial charge in [-0.25, -0.2) is 9.59 Å². The largest absolute Gasteiger partial charge is 0.463 e. The van der Waals surface area contributed by atoms with Crippen molar-refractivity contribution in [1.82, 2.24) is 0 Å². The minimum Gasteiger partial charge on any atom is -0.463 e. The van der Waals surface area contributed by atoms with Gasteiger partial charge in [-0.15, -0.1) is 0 Å². The van der Waals surface area contributed by atoms with Crippen molar-refractivity contribution in [3.8, 4) is 6.07 Å². The number of carbonyl (C=O) groups excluding carboxylic acids is 2. The van der Waals surface area contributed by atoms with Crippen LogP contribution in [0.1, 0.15) is 52.4 Å². The lowest BCUT2D eigenvalue weighted by Crippen LogP contribution is -2.33. The van der Waals surface area contributed by atoms with E-state index in [1.165, 1.54) is 0 Å². The average molecular weight is 440 g/mol. The maximum absolute atomic E-state index is 12.9. The predicted molar refractivity (Wildman–Crippen MR) is 125 cm³/mol. The lowest BCUT2D eigenvalue weighted by molar-refractivity contribution is -0.140. The van der Waals surface area contributed by atoms with E-state index in [-0.39, 0.29) is 18.8 Å². The Morgan fingerprint density at radius 2 is 1.50 bits per heavy atom. The topological polar surface area (TPSA) is 82.9 Å². The molecule has 0 aliphatic carbocycles. The van der Waals surface area contributed by atoms with E-state index in [0.717, 1.165) is 56.2 Å². The van der Waals surface area contributed by atoms with Gasteiger partial charge in [0.25, 0.3) is 0 Å². The van der Waals surface area contributed by atoms with E-state index in [0.29, 0.717) is 18.7 Å². The molecule has 0 unspecified atom stereocenters. The summed E-state index contributed by atoms with van der Waals surface area (Å²) >= 11 is 0. The van der Waals surface area contributed by atoms with Crippen LogP contribution >= 0.6 is 0 Å². The Labute approximate surface area is 190 Å². The number of carbonyl (C=O) groups is 2. The second-order valence-electron chi connectivity index (χ2n) is 7.52. The van der Waals surface area contributed by atoms with Gasteiger partial charge < -0.3 is 19.3 Å². The summed E-state index contributed by atoms with van der Waals surface area (Å²) in [4.78, 5) is 28.1. The van der Waals surface area contributed by atoms with E-state index in [1.807, 2.05) is 24.3 Å². The van der Waals surface area contributed by atoms with Gasteiger partial charge in [0.05, 0.1) is 24.6 Å². The molecule has 0 bridgehead atoms. The third kappa shape index (κ3) is 6.36. The molecule has 1 aromatic carbocycles. The maximum atomic E-state index is 12.9. The molecule has 0 saturated carbocycles. The van der Waals surface area contributed by atoms with E-state index in [4.69, 9.17) is 9.47 Å². The Balaban J connectivity index is 2.20. The van der Waals surface area contributed by atoms with Gasteiger partial charge in [-0.1, -0.05) is 45.4 Å². The monoisotopic (exact) mass is 439 g/mol. The van der Waals surface area contributed by atoms with Gasteiger partial charge in [0.1, 0.15) is 11.9 Å². The fraction of sp³-hybridized carbons (Fsp3) is 0.480. The molecule has 0 saturated heterocycles. The third-order valence-corrected chi connectivity index (χ3v) is 5.17. The fourth-order valence-corrected chi connectivity index (χ4v) is 3.51. The first-order valence-corrected chi connectivity index (χ1v) is 11.3. The zero-order valence-corrected chi connectivity index (χ0v) is 19.1. The van der Waals surface area contributed by atoms with Crippen molar-refractivity contribution in [2.75, 3.05) is 36.1 Å². The molecule has 0 aromatic heterocycles. The van der Waals surface area contributed by atoms with Crippen LogP contribution in [-0.4, -0.2) is 38.2 Å². The van der Waals surface area contributed by atoms with Crippen LogP contribution in [0.3, 0.4) is 0 Å². The van der Waals surface area contributed by atoms with Gasteiger partial charge in [0.2, 0.25) is 0 Å². The number of anilines is 2. The first kappa shape index (κ1) is 25.0. The molecule has 7 nitrogen and oxygen atoms in total. The molecular weight excluding hydrogens is 406 g/mol. The summed E-state index contributed by atoms with van der Waals surface area (Å²) in [6, 6.07) is 10.1. The predicted octanol–water partition coefficient (Wildman–Crippen LogP) is 4.70. The minimum absolute atomic E-state index is 0.0199. The number of hydrogen-bond acceptors (Lipinski definition) is 7. The highest BCUT2D eigenvalue weighted by molar-refractivity contribution is 5.98. The Morgan fingerprint density at radius 3 is 1.97 bits per heavy atom. The number of fused-ring (bicyclic) bond motifs is 1. The standard InChI is InChI=1S/C25H33N3O4/c1-4-7-15-27-21-13-9-10-14-22(21)28(16-8-5-2)24(27)20(19-26)25(30)32-18-12-11-17-31-23(29)6-3/h6,9-10,13-14H,3-5,7-8,11-12,15-18H2,1-2H3. The third-order valence-electron chi connectivity index (χ3n) is 5.17. The molecule has 0 spiro atoms. The van der Waals surface area contributed by atoms with E-state index >= 15 is 0 Å². The summed E-state index contributed by atoms with van der Waals surface area (Å²) in [5.74, 6) is -0.486. The van der Waals surface area contributed by atoms with Crippen molar-refractivity contribution in [3.63, 3.8) is 0 Å². The molecule has 0 radical (unpaired) electrons. The summed E-state index contributed by atoms with van der Waals surface area (Å²) < 4.78 is 10.3.